The number of carbonyl (C=O) groups is 2. The summed E-state index contributed by atoms with van der Waals surface area (Å²) in [6.07, 6.45) is 1.80. The van der Waals surface area contributed by atoms with Gasteiger partial charge in [0.05, 0.1) is 15.7 Å². The molecule has 0 atom stereocenters. The summed E-state index contributed by atoms with van der Waals surface area (Å²) in [6.45, 7) is 4.57. The molecule has 1 heterocycles. The third-order valence-corrected chi connectivity index (χ3v) is 5.96. The summed E-state index contributed by atoms with van der Waals surface area (Å²) in [5.74, 6) is -1.52. The molecule has 0 saturated carbocycles. The second-order valence-electron chi connectivity index (χ2n) is 6.59. The maximum absolute atomic E-state index is 12.0. The zero-order chi connectivity index (χ0) is 22.4. The fourth-order valence-electron chi connectivity index (χ4n) is 2.80. The highest BCUT2D eigenvalue weighted by atomic mass is 35.5. The standard InChI is InChI=1S/C22H19Cl2N3O3S/c1-2-9-27(12-14-3-5-15(6-4-14)21(30)25-11-20(28)29)22-26-19(13-31-22)16-7-8-17(23)18(24)10-16/h2-8,10,13H,1,9,11-12H2,(H,25,30)(H,28,29). The fraction of sp³-hybridized carbons (Fsp3) is 0.136. The molecule has 6 nitrogen and oxygen atoms in total. The van der Waals surface area contributed by atoms with Gasteiger partial charge in [-0.1, -0.05) is 47.5 Å². The molecule has 31 heavy (non-hydrogen) atoms. The Bertz CT molecular complexity index is 1100. The Balaban J connectivity index is 1.73. The first-order valence-corrected chi connectivity index (χ1v) is 10.9. The lowest BCUT2D eigenvalue weighted by Gasteiger charge is -2.20. The van der Waals surface area contributed by atoms with Crippen molar-refractivity contribution in [3.05, 3.63) is 81.7 Å². The first-order chi connectivity index (χ1) is 14.9. The predicted octanol–water partition coefficient (Wildman–Crippen LogP) is 5.12. The summed E-state index contributed by atoms with van der Waals surface area (Å²) < 4.78 is 0. The molecule has 0 saturated heterocycles. The molecule has 2 aromatic carbocycles. The highest BCUT2D eigenvalue weighted by molar-refractivity contribution is 7.14. The van der Waals surface area contributed by atoms with Gasteiger partial charge in [0, 0.05) is 29.6 Å². The van der Waals surface area contributed by atoms with Crippen LogP contribution in [0.3, 0.4) is 0 Å². The van der Waals surface area contributed by atoms with E-state index in [0.717, 1.165) is 22.0 Å². The second kappa shape index (κ2) is 10.4. The number of hydrogen-bond donors (Lipinski definition) is 2. The largest absolute Gasteiger partial charge is 0.480 e. The molecule has 3 aromatic rings. The third kappa shape index (κ3) is 6.07. The molecule has 0 fully saturated rings. The van der Waals surface area contributed by atoms with E-state index in [-0.39, 0.29) is 0 Å². The average Bonchev–Trinajstić information content (AvgIpc) is 3.24. The first-order valence-electron chi connectivity index (χ1n) is 9.23. The van der Waals surface area contributed by atoms with Crippen molar-refractivity contribution in [2.45, 2.75) is 6.54 Å². The summed E-state index contributed by atoms with van der Waals surface area (Å²) in [6, 6.07) is 12.4. The van der Waals surface area contributed by atoms with Gasteiger partial charge < -0.3 is 15.3 Å². The van der Waals surface area contributed by atoms with Gasteiger partial charge in [-0.25, -0.2) is 4.98 Å². The topological polar surface area (TPSA) is 82.5 Å². The predicted molar refractivity (Wildman–Crippen MR) is 125 cm³/mol. The molecule has 0 radical (unpaired) electrons. The molecule has 0 aliphatic heterocycles. The number of nitrogens with zero attached hydrogens (tertiary/aromatic N) is 2. The van der Waals surface area contributed by atoms with Gasteiger partial charge in [-0.05, 0) is 29.8 Å². The number of benzene rings is 2. The molecule has 160 valence electrons. The van der Waals surface area contributed by atoms with Crippen LogP contribution < -0.4 is 10.2 Å². The van der Waals surface area contributed by atoms with Crippen LogP contribution in [0.25, 0.3) is 11.3 Å². The van der Waals surface area contributed by atoms with Crippen LogP contribution in [0.15, 0.2) is 60.5 Å². The molecule has 1 aromatic heterocycles. The van der Waals surface area contributed by atoms with E-state index in [2.05, 4.69) is 16.8 Å². The molecule has 2 N–H and O–H groups in total. The number of thiazole rings is 1. The summed E-state index contributed by atoms with van der Waals surface area (Å²) in [5.41, 5.74) is 3.06. The van der Waals surface area contributed by atoms with Gasteiger partial charge in [-0.3, -0.25) is 9.59 Å². The van der Waals surface area contributed by atoms with Gasteiger partial charge in [0.1, 0.15) is 6.54 Å². The molecular formula is C22H19Cl2N3O3S. The molecule has 0 aliphatic carbocycles. The molecule has 3 rings (SSSR count). The monoisotopic (exact) mass is 475 g/mol. The zero-order valence-electron chi connectivity index (χ0n) is 16.3. The smallest absolute Gasteiger partial charge is 0.322 e. The molecule has 1 amide bonds. The van der Waals surface area contributed by atoms with Crippen LogP contribution in [0.4, 0.5) is 5.13 Å². The van der Waals surface area contributed by atoms with Gasteiger partial charge in [-0.2, -0.15) is 0 Å². The molecular weight excluding hydrogens is 457 g/mol. The summed E-state index contributed by atoms with van der Waals surface area (Å²) >= 11 is 13.6. The number of anilines is 1. The number of aliphatic carboxylic acids is 1. The van der Waals surface area contributed by atoms with E-state index in [1.165, 1.54) is 11.3 Å². The Morgan fingerprint density at radius 2 is 1.90 bits per heavy atom. The van der Waals surface area contributed by atoms with E-state index >= 15 is 0 Å². The van der Waals surface area contributed by atoms with Crippen LogP contribution in [0, 0.1) is 0 Å². The molecule has 9 heteroatoms. The van der Waals surface area contributed by atoms with Gasteiger partial charge >= 0.3 is 5.97 Å². The number of hydrogen-bond acceptors (Lipinski definition) is 5. The van der Waals surface area contributed by atoms with Gasteiger partial charge in [0.25, 0.3) is 5.91 Å². The van der Waals surface area contributed by atoms with Crippen LogP contribution in [0.2, 0.25) is 10.0 Å². The summed E-state index contributed by atoms with van der Waals surface area (Å²) in [7, 11) is 0. The average molecular weight is 476 g/mol. The number of carboxylic acids is 1. The van der Waals surface area contributed by atoms with Crippen LogP contribution in [-0.4, -0.2) is 35.1 Å². The maximum atomic E-state index is 12.0. The first kappa shape index (κ1) is 22.8. The van der Waals surface area contributed by atoms with E-state index in [1.807, 2.05) is 23.6 Å². The normalized spacial score (nSPS) is 10.5. The fourth-order valence-corrected chi connectivity index (χ4v) is 3.95. The minimum absolute atomic E-state index is 0.399. The second-order valence-corrected chi connectivity index (χ2v) is 8.24. The van der Waals surface area contributed by atoms with E-state index in [4.69, 9.17) is 33.3 Å². The highest BCUT2D eigenvalue weighted by Gasteiger charge is 2.14. The van der Waals surface area contributed by atoms with Crippen molar-refractivity contribution >= 4 is 51.5 Å². The van der Waals surface area contributed by atoms with Crippen molar-refractivity contribution in [3.8, 4) is 11.3 Å². The molecule has 0 spiro atoms. The lowest BCUT2D eigenvalue weighted by atomic mass is 10.1. The number of aromatic nitrogens is 1. The van der Waals surface area contributed by atoms with Crippen molar-refractivity contribution in [2.24, 2.45) is 0 Å². The third-order valence-electron chi connectivity index (χ3n) is 4.32. The minimum Gasteiger partial charge on any atom is -0.480 e. The Labute approximate surface area is 193 Å². The van der Waals surface area contributed by atoms with E-state index in [9.17, 15) is 9.59 Å². The molecule has 0 aliphatic rings. The maximum Gasteiger partial charge on any atom is 0.322 e. The lowest BCUT2D eigenvalue weighted by molar-refractivity contribution is -0.135. The number of nitrogens with one attached hydrogen (secondary N) is 1. The van der Waals surface area contributed by atoms with Crippen molar-refractivity contribution in [1.82, 2.24) is 10.3 Å². The van der Waals surface area contributed by atoms with E-state index in [1.54, 1.807) is 30.3 Å². The summed E-state index contributed by atoms with van der Waals surface area (Å²) in [4.78, 5) is 29.3. The summed E-state index contributed by atoms with van der Waals surface area (Å²) in [5, 5.41) is 14.8. The van der Waals surface area contributed by atoms with Crippen LogP contribution in [-0.2, 0) is 11.3 Å². The van der Waals surface area contributed by atoms with E-state index < -0.39 is 18.4 Å². The van der Waals surface area contributed by atoms with Crippen molar-refractivity contribution in [1.29, 1.82) is 0 Å². The Morgan fingerprint density at radius 3 is 2.55 bits per heavy atom. The number of carboxylic acid groups (broad SMARTS) is 1. The highest BCUT2D eigenvalue weighted by Crippen LogP contribution is 2.32. The number of halogens is 2. The Kier molecular flexibility index (Phi) is 7.68. The molecule has 0 unspecified atom stereocenters. The Hall–Kier alpha value is -2.87. The number of carbonyl (C=O) groups excluding carboxylic acids is 1. The molecule has 0 bridgehead atoms. The van der Waals surface area contributed by atoms with Crippen LogP contribution in [0.1, 0.15) is 15.9 Å². The minimum atomic E-state index is -1.09. The van der Waals surface area contributed by atoms with Crippen molar-refractivity contribution in [3.63, 3.8) is 0 Å². The van der Waals surface area contributed by atoms with Gasteiger partial charge in [-0.15, -0.1) is 17.9 Å². The van der Waals surface area contributed by atoms with Gasteiger partial charge in [0.2, 0.25) is 0 Å². The number of rotatable bonds is 9. The SMILES string of the molecule is C=CCN(Cc1ccc(C(=O)NCC(=O)O)cc1)c1nc(-c2ccc(Cl)c(Cl)c2)cs1. The van der Waals surface area contributed by atoms with Gasteiger partial charge in [0.15, 0.2) is 5.13 Å². The zero-order valence-corrected chi connectivity index (χ0v) is 18.7. The quantitative estimate of drug-likeness (QED) is 0.419. The van der Waals surface area contributed by atoms with Crippen molar-refractivity contribution < 1.29 is 14.7 Å². The number of amides is 1. The van der Waals surface area contributed by atoms with E-state index in [0.29, 0.717) is 28.7 Å². The lowest BCUT2D eigenvalue weighted by Crippen LogP contribution is -2.29. The van der Waals surface area contributed by atoms with Crippen molar-refractivity contribution in [2.75, 3.05) is 18.0 Å². The van der Waals surface area contributed by atoms with Crippen LogP contribution in [0.5, 0.6) is 0 Å². The van der Waals surface area contributed by atoms with Crippen LogP contribution >= 0.6 is 34.5 Å². The Morgan fingerprint density at radius 1 is 1.16 bits per heavy atom.